The van der Waals surface area contributed by atoms with Crippen molar-refractivity contribution in [3.63, 3.8) is 0 Å². The number of nitrogens with one attached hydrogen (secondary N) is 1. The molecule has 8 nitrogen and oxygen atoms in total. The van der Waals surface area contributed by atoms with Gasteiger partial charge in [0.2, 0.25) is 5.91 Å². The summed E-state index contributed by atoms with van der Waals surface area (Å²) in [5.41, 5.74) is 4.68. The van der Waals surface area contributed by atoms with Crippen LogP contribution in [0.15, 0.2) is 48.5 Å². The van der Waals surface area contributed by atoms with E-state index in [-0.39, 0.29) is 43.5 Å². The molecular formula is C27H30N2O6. The SMILES string of the molecule is COC1CN(C(=O)[C@H]2CC[C@@H](NC(=O)OCC3c4ccccc4-c4ccccc43)C2)CC1C(=O)O. The first kappa shape index (κ1) is 23.4. The highest BCUT2D eigenvalue weighted by molar-refractivity contribution is 5.82. The van der Waals surface area contributed by atoms with Crippen molar-refractivity contribution in [2.45, 2.75) is 37.3 Å². The molecule has 184 valence electrons. The molecule has 2 fully saturated rings. The number of benzene rings is 2. The van der Waals surface area contributed by atoms with Gasteiger partial charge in [0.05, 0.1) is 6.10 Å². The van der Waals surface area contributed by atoms with Crippen molar-refractivity contribution in [1.29, 1.82) is 0 Å². The number of hydrogen-bond acceptors (Lipinski definition) is 5. The van der Waals surface area contributed by atoms with Crippen LogP contribution in [0.25, 0.3) is 11.1 Å². The van der Waals surface area contributed by atoms with E-state index >= 15 is 0 Å². The number of amides is 2. The van der Waals surface area contributed by atoms with Crippen LogP contribution >= 0.6 is 0 Å². The molecule has 3 aliphatic rings. The third-order valence-electron chi connectivity index (χ3n) is 7.65. The lowest BCUT2D eigenvalue weighted by Crippen LogP contribution is -2.37. The van der Waals surface area contributed by atoms with Crippen molar-refractivity contribution < 1.29 is 29.0 Å². The quantitative estimate of drug-likeness (QED) is 0.660. The maximum Gasteiger partial charge on any atom is 0.407 e. The molecule has 2 amide bonds. The van der Waals surface area contributed by atoms with Crippen molar-refractivity contribution in [3.05, 3.63) is 59.7 Å². The molecule has 1 heterocycles. The molecule has 2 aromatic rings. The predicted octanol–water partition coefficient (Wildman–Crippen LogP) is 3.25. The third kappa shape index (κ3) is 4.50. The second-order valence-electron chi connectivity index (χ2n) is 9.64. The van der Waals surface area contributed by atoms with Gasteiger partial charge in [0.25, 0.3) is 0 Å². The lowest BCUT2D eigenvalue weighted by atomic mass is 9.98. The number of ether oxygens (including phenoxy) is 2. The molecule has 35 heavy (non-hydrogen) atoms. The Hall–Kier alpha value is -3.39. The van der Waals surface area contributed by atoms with E-state index < -0.39 is 24.1 Å². The van der Waals surface area contributed by atoms with Gasteiger partial charge in [-0.05, 0) is 41.5 Å². The summed E-state index contributed by atoms with van der Waals surface area (Å²) >= 11 is 0. The van der Waals surface area contributed by atoms with Crippen molar-refractivity contribution >= 4 is 18.0 Å². The van der Waals surface area contributed by atoms with Gasteiger partial charge >= 0.3 is 12.1 Å². The van der Waals surface area contributed by atoms with Gasteiger partial charge in [-0.2, -0.15) is 0 Å². The molecule has 0 spiro atoms. The van der Waals surface area contributed by atoms with Gasteiger partial charge in [-0.15, -0.1) is 0 Å². The smallest absolute Gasteiger partial charge is 0.407 e. The molecule has 1 saturated heterocycles. The average Bonchev–Trinajstić information content (AvgIpc) is 3.58. The van der Waals surface area contributed by atoms with Crippen LogP contribution < -0.4 is 5.32 Å². The van der Waals surface area contributed by atoms with Gasteiger partial charge in [0.1, 0.15) is 12.5 Å². The zero-order chi connectivity index (χ0) is 24.5. The third-order valence-corrected chi connectivity index (χ3v) is 7.65. The highest BCUT2D eigenvalue weighted by atomic mass is 16.5. The molecule has 5 rings (SSSR count). The van der Waals surface area contributed by atoms with E-state index in [1.807, 2.05) is 24.3 Å². The Morgan fingerprint density at radius 1 is 1.00 bits per heavy atom. The summed E-state index contributed by atoms with van der Waals surface area (Å²) in [7, 11) is 1.47. The zero-order valence-electron chi connectivity index (χ0n) is 19.7. The molecule has 2 N–H and O–H groups in total. The molecule has 8 heteroatoms. The van der Waals surface area contributed by atoms with Gasteiger partial charge in [-0.3, -0.25) is 9.59 Å². The lowest BCUT2D eigenvalue weighted by Gasteiger charge is -2.20. The molecule has 0 aromatic heterocycles. The molecule has 2 aliphatic carbocycles. The lowest BCUT2D eigenvalue weighted by molar-refractivity contribution is -0.144. The standard InChI is InChI=1S/C27H30N2O6/c1-34-24-14-29(13-22(24)26(31)32)25(30)16-10-11-17(12-16)28-27(33)35-15-23-20-8-4-2-6-18(20)19-7-3-5-9-21(19)23/h2-9,16-17,22-24H,10-15H2,1H3,(H,28,33)(H,31,32)/t16-,17+,22?,24?/m0/s1. The number of nitrogens with zero attached hydrogens (tertiary/aromatic N) is 1. The van der Waals surface area contributed by atoms with Crippen molar-refractivity contribution in [2.75, 3.05) is 26.8 Å². The van der Waals surface area contributed by atoms with Crippen LogP contribution in [0.2, 0.25) is 0 Å². The number of carbonyl (C=O) groups excluding carboxylic acids is 2. The van der Waals surface area contributed by atoms with E-state index in [1.54, 1.807) is 4.90 Å². The molecule has 2 aromatic carbocycles. The fourth-order valence-corrected chi connectivity index (χ4v) is 5.83. The molecule has 1 saturated carbocycles. The summed E-state index contributed by atoms with van der Waals surface area (Å²) in [6.45, 7) is 0.693. The van der Waals surface area contributed by atoms with Crippen LogP contribution in [0.1, 0.15) is 36.3 Å². The molecule has 4 atom stereocenters. The number of alkyl carbamates (subject to hydrolysis) is 1. The van der Waals surface area contributed by atoms with Gasteiger partial charge in [-0.1, -0.05) is 48.5 Å². The average molecular weight is 479 g/mol. The monoisotopic (exact) mass is 478 g/mol. The number of methoxy groups -OCH3 is 1. The minimum atomic E-state index is -0.951. The number of carboxylic acid groups (broad SMARTS) is 1. The number of carbonyl (C=O) groups is 3. The summed E-state index contributed by atoms with van der Waals surface area (Å²) in [4.78, 5) is 38.6. The maximum absolute atomic E-state index is 13.0. The summed E-state index contributed by atoms with van der Waals surface area (Å²) in [6.07, 6.45) is 0.891. The molecule has 0 bridgehead atoms. The Morgan fingerprint density at radius 2 is 1.66 bits per heavy atom. The van der Waals surface area contributed by atoms with Crippen molar-refractivity contribution in [2.24, 2.45) is 11.8 Å². The normalized spacial score (nSPS) is 25.2. The minimum Gasteiger partial charge on any atom is -0.481 e. The summed E-state index contributed by atoms with van der Waals surface area (Å²) in [5, 5.41) is 12.3. The Bertz CT molecular complexity index is 1090. The van der Waals surface area contributed by atoms with E-state index in [0.29, 0.717) is 19.3 Å². The van der Waals surface area contributed by atoms with E-state index in [4.69, 9.17) is 9.47 Å². The highest BCUT2D eigenvalue weighted by Gasteiger charge is 2.43. The van der Waals surface area contributed by atoms with E-state index in [0.717, 1.165) is 11.1 Å². The second kappa shape index (κ2) is 9.70. The topological polar surface area (TPSA) is 105 Å². The molecule has 1 aliphatic heterocycles. The van der Waals surface area contributed by atoms with Crippen molar-refractivity contribution in [3.8, 4) is 11.1 Å². The van der Waals surface area contributed by atoms with Crippen LogP contribution in [-0.4, -0.2) is 66.9 Å². The number of rotatable bonds is 6. The summed E-state index contributed by atoms with van der Waals surface area (Å²) in [6, 6.07) is 16.2. The largest absolute Gasteiger partial charge is 0.481 e. The fourth-order valence-electron chi connectivity index (χ4n) is 5.83. The van der Waals surface area contributed by atoms with Gasteiger partial charge in [0, 0.05) is 38.1 Å². The van der Waals surface area contributed by atoms with Crippen LogP contribution in [0.3, 0.4) is 0 Å². The van der Waals surface area contributed by atoms with Gasteiger partial charge in [-0.25, -0.2) is 4.79 Å². The Morgan fingerprint density at radius 3 is 2.26 bits per heavy atom. The minimum absolute atomic E-state index is 0.00266. The molecular weight excluding hydrogens is 448 g/mol. The van der Waals surface area contributed by atoms with E-state index in [2.05, 4.69) is 29.6 Å². The Kier molecular flexibility index (Phi) is 6.47. The Balaban J connectivity index is 1.14. The number of hydrogen-bond donors (Lipinski definition) is 2. The van der Waals surface area contributed by atoms with Gasteiger partial charge in [0.15, 0.2) is 0 Å². The van der Waals surface area contributed by atoms with Crippen LogP contribution in [0, 0.1) is 11.8 Å². The fraction of sp³-hybridized carbons (Fsp3) is 0.444. The number of aliphatic carboxylic acids is 1. The van der Waals surface area contributed by atoms with E-state index in [1.165, 1.54) is 18.2 Å². The molecule has 0 radical (unpaired) electrons. The van der Waals surface area contributed by atoms with Gasteiger partial charge < -0.3 is 24.8 Å². The highest BCUT2D eigenvalue weighted by Crippen LogP contribution is 2.44. The van der Waals surface area contributed by atoms with Crippen LogP contribution in [0.5, 0.6) is 0 Å². The first-order valence-electron chi connectivity index (χ1n) is 12.1. The number of fused-ring (bicyclic) bond motifs is 3. The van der Waals surface area contributed by atoms with Crippen LogP contribution in [-0.2, 0) is 19.1 Å². The number of likely N-dealkylation sites (tertiary alicyclic amines) is 1. The first-order chi connectivity index (χ1) is 17.0. The first-order valence-corrected chi connectivity index (χ1v) is 12.1. The molecule has 2 unspecified atom stereocenters. The second-order valence-corrected chi connectivity index (χ2v) is 9.64. The van der Waals surface area contributed by atoms with Crippen molar-refractivity contribution in [1.82, 2.24) is 10.2 Å². The van der Waals surface area contributed by atoms with E-state index in [9.17, 15) is 19.5 Å². The summed E-state index contributed by atoms with van der Waals surface area (Å²) < 4.78 is 10.9. The van der Waals surface area contributed by atoms with Crippen LogP contribution in [0.4, 0.5) is 4.79 Å². The zero-order valence-corrected chi connectivity index (χ0v) is 19.7. The predicted molar refractivity (Wildman–Crippen MR) is 128 cm³/mol. The number of carboxylic acids is 1. The maximum atomic E-state index is 13.0. The summed E-state index contributed by atoms with van der Waals surface area (Å²) in [5.74, 6) is -1.96. The Labute approximate surface area is 204 Å².